The van der Waals surface area contributed by atoms with Crippen LogP contribution in [0.1, 0.15) is 35.4 Å². The van der Waals surface area contributed by atoms with Crippen LogP contribution in [0.15, 0.2) is 60.7 Å². The number of pyridine rings is 1. The van der Waals surface area contributed by atoms with Crippen molar-refractivity contribution in [2.24, 2.45) is 0 Å². The minimum atomic E-state index is -1.29. The van der Waals surface area contributed by atoms with Crippen LogP contribution in [0, 0.1) is 0 Å². The predicted octanol–water partition coefficient (Wildman–Crippen LogP) is 3.00. The molecule has 0 N–H and O–H groups in total. The first-order valence-corrected chi connectivity index (χ1v) is 13.0. The molecule has 0 saturated heterocycles. The molecule has 0 fully saturated rings. The van der Waals surface area contributed by atoms with Gasteiger partial charge < -0.3 is 19.4 Å². The van der Waals surface area contributed by atoms with E-state index >= 15 is 0 Å². The molecule has 1 aromatic heterocycles. The van der Waals surface area contributed by atoms with Crippen molar-refractivity contribution in [2.75, 3.05) is 13.7 Å². The fourth-order valence-corrected chi connectivity index (χ4v) is 4.98. The third-order valence-electron chi connectivity index (χ3n) is 5.16. The van der Waals surface area contributed by atoms with E-state index in [1.807, 2.05) is 42.5 Å². The molecule has 0 atom stereocenters. The number of nitrogens with zero attached hydrogens (tertiary/aromatic N) is 1. The van der Waals surface area contributed by atoms with Gasteiger partial charge in [0.25, 0.3) is 0 Å². The molecular weight excluding hydrogens is 528 g/mol. The number of aryl methyl sites for hydroxylation is 1. The maximum Gasteiger partial charge on any atom is 1.00 e. The third kappa shape index (κ3) is 10.0. The molecule has 0 spiro atoms. The van der Waals surface area contributed by atoms with Crippen LogP contribution in [-0.4, -0.2) is 24.7 Å². The summed E-state index contributed by atoms with van der Waals surface area (Å²) < 4.78 is 11.1. The second-order valence-corrected chi connectivity index (χ2v) is 9.48. The number of thioether (sulfide) groups is 1. The molecule has 0 radical (unpaired) electrons. The van der Waals surface area contributed by atoms with Crippen LogP contribution in [-0.2, 0) is 22.7 Å². The average Bonchev–Trinajstić information content (AvgIpc) is 2.85. The number of carbonyl (C=O) groups excluding carboxylic acids is 1. The first-order valence-electron chi connectivity index (χ1n) is 11.1. The van der Waals surface area contributed by atoms with Gasteiger partial charge in [-0.3, -0.25) is 0 Å². The topological polar surface area (TPSA) is 71.5 Å². The first-order chi connectivity index (χ1) is 17.0. The molecule has 3 rings (SSSR count). The molecule has 0 aliphatic carbocycles. The molecule has 0 aliphatic rings. The van der Waals surface area contributed by atoms with E-state index in [4.69, 9.17) is 32.7 Å². The number of carbonyl (C=O) groups is 1. The Hall–Kier alpha value is -1.67. The number of hydrogen-bond donors (Lipinski definition) is 0. The van der Waals surface area contributed by atoms with E-state index in [1.54, 1.807) is 18.9 Å². The van der Waals surface area contributed by atoms with Crippen LogP contribution in [0.25, 0.3) is 6.08 Å². The van der Waals surface area contributed by atoms with E-state index in [0.29, 0.717) is 39.6 Å². The summed E-state index contributed by atoms with van der Waals surface area (Å²) >= 11 is 14.1. The number of carboxylic acids is 1. The molecule has 1 heterocycles. The summed E-state index contributed by atoms with van der Waals surface area (Å²) in [6, 6.07) is 17.2. The van der Waals surface area contributed by atoms with Crippen LogP contribution < -0.4 is 44.1 Å². The molecular formula is C27H26Cl2NNaO4S. The van der Waals surface area contributed by atoms with E-state index in [9.17, 15) is 9.90 Å². The Labute approximate surface area is 248 Å². The van der Waals surface area contributed by atoms with Gasteiger partial charge in [0.05, 0.1) is 25.4 Å². The predicted molar refractivity (Wildman–Crippen MR) is 141 cm³/mol. The molecule has 36 heavy (non-hydrogen) atoms. The normalized spacial score (nSPS) is 10.8. The van der Waals surface area contributed by atoms with E-state index in [1.165, 1.54) is 11.6 Å². The Bertz CT molecular complexity index is 1140. The van der Waals surface area contributed by atoms with Gasteiger partial charge in [0.2, 0.25) is 0 Å². The van der Waals surface area contributed by atoms with Crippen molar-refractivity contribution in [2.45, 2.75) is 30.8 Å². The maximum atomic E-state index is 10.9. The SMILES string of the molecule is COc1ccc(CCCCOc2ccc(CSCc3c(Cl)cccc3Cl)nc2/C=C/C(=O)[O-])cc1.[Na+]. The van der Waals surface area contributed by atoms with Gasteiger partial charge in [-0.05, 0) is 78.9 Å². The Morgan fingerprint density at radius 3 is 2.42 bits per heavy atom. The van der Waals surface area contributed by atoms with Gasteiger partial charge in [0, 0.05) is 21.6 Å². The van der Waals surface area contributed by atoms with E-state index in [2.05, 4.69) is 17.1 Å². The Kier molecular flexibility index (Phi) is 13.8. The van der Waals surface area contributed by atoms with E-state index < -0.39 is 5.97 Å². The van der Waals surface area contributed by atoms with Gasteiger partial charge in [0.15, 0.2) is 0 Å². The number of methoxy groups -OCH3 is 1. The summed E-state index contributed by atoms with van der Waals surface area (Å²) in [6.45, 7) is 0.503. The van der Waals surface area contributed by atoms with Crippen molar-refractivity contribution in [1.29, 1.82) is 0 Å². The Balaban J connectivity index is 0.00000456. The number of carboxylic acid groups (broad SMARTS) is 1. The number of benzene rings is 2. The number of halogens is 2. The summed E-state index contributed by atoms with van der Waals surface area (Å²) in [6.07, 6.45) is 5.12. The number of rotatable bonds is 13. The quantitative estimate of drug-likeness (QED) is 0.184. The fraction of sp³-hybridized carbons (Fsp3) is 0.259. The molecule has 0 aliphatic heterocycles. The monoisotopic (exact) mass is 553 g/mol. The van der Waals surface area contributed by atoms with Crippen molar-refractivity contribution in [3.8, 4) is 11.5 Å². The van der Waals surface area contributed by atoms with Crippen LogP contribution in [0.3, 0.4) is 0 Å². The molecule has 0 unspecified atom stereocenters. The van der Waals surface area contributed by atoms with Gasteiger partial charge in [-0.2, -0.15) is 11.8 Å². The Morgan fingerprint density at radius 1 is 1.03 bits per heavy atom. The second-order valence-electron chi connectivity index (χ2n) is 7.68. The Morgan fingerprint density at radius 2 is 1.75 bits per heavy atom. The zero-order chi connectivity index (χ0) is 25.0. The van der Waals surface area contributed by atoms with Crippen LogP contribution >= 0.6 is 35.0 Å². The van der Waals surface area contributed by atoms with Crippen molar-refractivity contribution in [1.82, 2.24) is 4.98 Å². The summed E-state index contributed by atoms with van der Waals surface area (Å²) in [5, 5.41) is 12.2. The van der Waals surface area contributed by atoms with Gasteiger partial charge in [0.1, 0.15) is 17.2 Å². The average molecular weight is 554 g/mol. The van der Waals surface area contributed by atoms with Crippen molar-refractivity contribution < 1.29 is 48.9 Å². The number of aromatic nitrogens is 1. The van der Waals surface area contributed by atoms with Gasteiger partial charge >= 0.3 is 29.6 Å². The van der Waals surface area contributed by atoms with Crippen molar-refractivity contribution >= 4 is 47.0 Å². The second kappa shape index (κ2) is 16.2. The van der Waals surface area contributed by atoms with Gasteiger partial charge in [-0.25, -0.2) is 4.98 Å². The van der Waals surface area contributed by atoms with Crippen LogP contribution in [0.4, 0.5) is 0 Å². The summed E-state index contributed by atoms with van der Waals surface area (Å²) in [4.78, 5) is 15.5. The largest absolute Gasteiger partial charge is 1.00 e. The number of ether oxygens (including phenoxy) is 2. The molecule has 2 aromatic carbocycles. The summed E-state index contributed by atoms with van der Waals surface area (Å²) in [5.41, 5.74) is 3.37. The number of unbranched alkanes of at least 4 members (excludes halogenated alkanes) is 1. The zero-order valence-electron chi connectivity index (χ0n) is 20.3. The minimum absolute atomic E-state index is 0. The van der Waals surface area contributed by atoms with Crippen molar-refractivity contribution in [3.63, 3.8) is 0 Å². The molecule has 0 amide bonds. The van der Waals surface area contributed by atoms with E-state index in [0.717, 1.165) is 42.3 Å². The van der Waals surface area contributed by atoms with Crippen molar-refractivity contribution in [3.05, 3.63) is 93.2 Å². The van der Waals surface area contributed by atoms with Gasteiger partial charge in [-0.15, -0.1) is 0 Å². The maximum absolute atomic E-state index is 10.9. The standard InChI is InChI=1S/C27H27Cl2NO4S.Na/c1-33-21-11-8-19(9-12-21)5-2-3-16-34-26-14-10-20(30-25(26)13-15-27(31)32)17-35-18-22-23(28)6-4-7-24(22)29;/h4,6-15H,2-3,5,16-18H2,1H3,(H,31,32);/q;+1/p-1/b15-13+;. The molecule has 5 nitrogen and oxygen atoms in total. The molecule has 184 valence electrons. The van der Waals surface area contributed by atoms with Gasteiger partial charge in [-0.1, -0.05) is 41.4 Å². The molecule has 0 saturated carbocycles. The summed E-state index contributed by atoms with van der Waals surface area (Å²) in [5.74, 6) is 1.34. The third-order valence-corrected chi connectivity index (χ3v) is 6.86. The van der Waals surface area contributed by atoms with E-state index in [-0.39, 0.29) is 29.6 Å². The molecule has 3 aromatic rings. The smallest absolute Gasteiger partial charge is 0.545 e. The van der Waals surface area contributed by atoms with Crippen LogP contribution in [0.5, 0.6) is 11.5 Å². The molecule has 9 heteroatoms. The summed E-state index contributed by atoms with van der Waals surface area (Å²) in [7, 11) is 1.65. The fourth-order valence-electron chi connectivity index (χ4n) is 3.31. The number of aliphatic carboxylic acids is 1. The zero-order valence-corrected chi connectivity index (χ0v) is 24.7. The minimum Gasteiger partial charge on any atom is -0.545 e. The first kappa shape index (κ1) is 30.6. The van der Waals surface area contributed by atoms with Crippen LogP contribution in [0.2, 0.25) is 10.0 Å². The molecule has 0 bridgehead atoms. The number of hydrogen-bond acceptors (Lipinski definition) is 6.